The molecule has 2 atom stereocenters. The molecule has 1 aromatic rings. The van der Waals surface area contributed by atoms with E-state index in [-0.39, 0.29) is 24.1 Å². The van der Waals surface area contributed by atoms with E-state index in [2.05, 4.69) is 10.6 Å². The highest BCUT2D eigenvalue weighted by Gasteiger charge is 2.34. The largest absolute Gasteiger partial charge is 0.352 e. The summed E-state index contributed by atoms with van der Waals surface area (Å²) in [6, 6.07) is 8.62. The minimum atomic E-state index is -3.04. The van der Waals surface area contributed by atoms with Crippen molar-refractivity contribution in [3.63, 3.8) is 0 Å². The van der Waals surface area contributed by atoms with Crippen LogP contribution in [0.5, 0.6) is 0 Å². The van der Waals surface area contributed by atoms with Gasteiger partial charge in [0, 0.05) is 31.3 Å². The molecule has 25 heavy (non-hydrogen) atoms. The first-order valence-electron chi connectivity index (χ1n) is 8.66. The second-order valence-electron chi connectivity index (χ2n) is 7.35. The van der Waals surface area contributed by atoms with Gasteiger partial charge in [-0.2, -0.15) is 0 Å². The van der Waals surface area contributed by atoms with Crippen LogP contribution in [0.4, 0.5) is 0 Å². The molecule has 140 valence electrons. The quantitative estimate of drug-likeness (QED) is 0.785. The summed E-state index contributed by atoms with van der Waals surface area (Å²) in [4.78, 5) is 12.2. The van der Waals surface area contributed by atoms with E-state index >= 15 is 0 Å². The van der Waals surface area contributed by atoms with Gasteiger partial charge in [0.1, 0.15) is 0 Å². The normalized spacial score (nSPS) is 25.2. The van der Waals surface area contributed by atoms with Crippen molar-refractivity contribution in [2.75, 3.05) is 6.26 Å². The van der Waals surface area contributed by atoms with Gasteiger partial charge in [-0.05, 0) is 42.7 Å². The Kier molecular flexibility index (Phi) is 6.88. The number of sulfone groups is 1. The van der Waals surface area contributed by atoms with Crippen LogP contribution in [0.3, 0.4) is 0 Å². The molecule has 0 aromatic heterocycles. The van der Waals surface area contributed by atoms with Crippen LogP contribution < -0.4 is 10.6 Å². The van der Waals surface area contributed by atoms with Crippen molar-refractivity contribution in [2.45, 2.75) is 56.5 Å². The fourth-order valence-electron chi connectivity index (χ4n) is 4.01. The van der Waals surface area contributed by atoms with E-state index in [1.807, 2.05) is 18.2 Å². The number of hydrogen-bond acceptors (Lipinski definition) is 4. The van der Waals surface area contributed by atoms with Gasteiger partial charge in [-0.1, -0.05) is 24.3 Å². The molecule has 2 bridgehead atoms. The summed E-state index contributed by atoms with van der Waals surface area (Å²) >= 11 is 0. The van der Waals surface area contributed by atoms with Crippen LogP contribution in [0, 0.1) is 5.92 Å². The number of amides is 1. The third-order valence-corrected chi connectivity index (χ3v) is 5.81. The van der Waals surface area contributed by atoms with Gasteiger partial charge < -0.3 is 10.6 Å². The number of hydrogen-bond donors (Lipinski definition) is 2. The van der Waals surface area contributed by atoms with Crippen LogP contribution in [-0.2, 0) is 26.9 Å². The lowest BCUT2D eigenvalue weighted by atomic mass is 9.89. The highest BCUT2D eigenvalue weighted by atomic mass is 35.5. The number of halogens is 1. The maximum Gasteiger partial charge on any atom is 0.220 e. The molecule has 2 aliphatic rings. The Balaban J connectivity index is 0.00000225. The monoisotopic (exact) mass is 386 g/mol. The van der Waals surface area contributed by atoms with Gasteiger partial charge in [0.2, 0.25) is 5.91 Å². The van der Waals surface area contributed by atoms with Crippen molar-refractivity contribution in [1.82, 2.24) is 10.6 Å². The molecule has 5 nitrogen and oxygen atoms in total. The molecule has 0 saturated carbocycles. The molecule has 2 N–H and O–H groups in total. The Morgan fingerprint density at radius 2 is 1.84 bits per heavy atom. The summed E-state index contributed by atoms with van der Waals surface area (Å²) in [6.45, 7) is 0.453. The Bertz CT molecular complexity index is 696. The first-order valence-corrected chi connectivity index (χ1v) is 10.7. The zero-order valence-electron chi connectivity index (χ0n) is 14.5. The first-order chi connectivity index (χ1) is 11.4. The van der Waals surface area contributed by atoms with Crippen LogP contribution in [0.15, 0.2) is 24.3 Å². The molecule has 1 aromatic carbocycles. The number of benzene rings is 1. The van der Waals surface area contributed by atoms with Gasteiger partial charge in [0.05, 0.1) is 5.75 Å². The Morgan fingerprint density at radius 1 is 1.20 bits per heavy atom. The predicted octanol–water partition coefficient (Wildman–Crippen LogP) is 2.19. The summed E-state index contributed by atoms with van der Waals surface area (Å²) in [7, 11) is -3.04. The van der Waals surface area contributed by atoms with Crippen molar-refractivity contribution < 1.29 is 13.2 Å². The van der Waals surface area contributed by atoms with Crippen molar-refractivity contribution in [3.05, 3.63) is 35.4 Å². The lowest BCUT2D eigenvalue weighted by molar-refractivity contribution is -0.122. The van der Waals surface area contributed by atoms with Gasteiger partial charge in [0.25, 0.3) is 0 Å². The second-order valence-corrected chi connectivity index (χ2v) is 9.49. The minimum Gasteiger partial charge on any atom is -0.352 e. The maximum absolute atomic E-state index is 12.2. The van der Waals surface area contributed by atoms with Crippen LogP contribution in [0.25, 0.3) is 0 Å². The standard InChI is InChI=1S/C18H26N2O3S.ClH/c1-24(22,23)12-14-4-2-3-13(7-14)11-19-18(21)10-15-8-16-5-6-17(9-15)20-16;/h2-4,7,15-17,20H,5-6,8-12H2,1H3,(H,19,21);1H. The third-order valence-electron chi connectivity index (χ3n) is 4.95. The van der Waals surface area contributed by atoms with Gasteiger partial charge >= 0.3 is 0 Å². The maximum atomic E-state index is 12.2. The molecule has 2 heterocycles. The molecule has 2 aliphatic heterocycles. The Morgan fingerprint density at radius 3 is 2.48 bits per heavy atom. The molecule has 2 unspecified atom stereocenters. The number of carbonyl (C=O) groups is 1. The van der Waals surface area contributed by atoms with Crippen molar-refractivity contribution in [1.29, 1.82) is 0 Å². The average molecular weight is 387 g/mol. The lowest BCUT2D eigenvalue weighted by Gasteiger charge is -2.28. The van der Waals surface area contributed by atoms with Crippen LogP contribution >= 0.6 is 12.4 Å². The zero-order valence-corrected chi connectivity index (χ0v) is 16.2. The SMILES string of the molecule is CS(=O)(=O)Cc1cccc(CNC(=O)CC2CC3CCC(C2)N3)c1.Cl. The summed E-state index contributed by atoms with van der Waals surface area (Å²) in [5.41, 5.74) is 1.70. The fourth-order valence-corrected chi connectivity index (χ4v) is 4.79. The number of fused-ring (bicyclic) bond motifs is 2. The van der Waals surface area contributed by atoms with Crippen LogP contribution in [0.2, 0.25) is 0 Å². The highest BCUT2D eigenvalue weighted by molar-refractivity contribution is 7.89. The molecule has 2 saturated heterocycles. The molecule has 1 amide bonds. The molecule has 2 fully saturated rings. The van der Waals surface area contributed by atoms with Gasteiger partial charge in [-0.25, -0.2) is 8.42 Å². The average Bonchev–Trinajstić information content (AvgIpc) is 2.83. The molecular formula is C18H27ClN2O3S. The molecule has 0 spiro atoms. The van der Waals surface area contributed by atoms with E-state index in [1.54, 1.807) is 6.07 Å². The fraction of sp³-hybridized carbons (Fsp3) is 0.611. The molecule has 0 aliphatic carbocycles. The van der Waals surface area contributed by atoms with Gasteiger partial charge in [-0.3, -0.25) is 4.79 Å². The molecular weight excluding hydrogens is 360 g/mol. The van der Waals surface area contributed by atoms with Gasteiger partial charge in [-0.15, -0.1) is 12.4 Å². The Labute approximate surface area is 156 Å². The predicted molar refractivity (Wildman–Crippen MR) is 101 cm³/mol. The minimum absolute atomic E-state index is 0. The van der Waals surface area contributed by atoms with Crippen LogP contribution in [0.1, 0.15) is 43.2 Å². The molecule has 7 heteroatoms. The second kappa shape index (κ2) is 8.52. The number of nitrogens with one attached hydrogen (secondary N) is 2. The lowest BCUT2D eigenvalue weighted by Crippen LogP contribution is -2.39. The number of piperidine rings is 1. The van der Waals surface area contributed by atoms with Crippen molar-refractivity contribution in [3.8, 4) is 0 Å². The van der Waals surface area contributed by atoms with Crippen LogP contribution in [-0.4, -0.2) is 32.7 Å². The third kappa shape index (κ3) is 6.28. The number of carbonyl (C=O) groups excluding carboxylic acids is 1. The van der Waals surface area contributed by atoms with E-state index in [4.69, 9.17) is 0 Å². The van der Waals surface area contributed by atoms with E-state index < -0.39 is 9.84 Å². The smallest absolute Gasteiger partial charge is 0.220 e. The van der Waals surface area contributed by atoms with E-state index in [1.165, 1.54) is 19.1 Å². The zero-order chi connectivity index (χ0) is 17.2. The first kappa shape index (κ1) is 20.2. The number of rotatable bonds is 6. The van der Waals surface area contributed by atoms with E-state index in [0.29, 0.717) is 31.0 Å². The van der Waals surface area contributed by atoms with Gasteiger partial charge in [0.15, 0.2) is 9.84 Å². The van der Waals surface area contributed by atoms with Crippen molar-refractivity contribution >= 4 is 28.2 Å². The van der Waals surface area contributed by atoms with Crippen molar-refractivity contribution in [2.24, 2.45) is 5.92 Å². The topological polar surface area (TPSA) is 75.3 Å². The molecule has 3 rings (SSSR count). The van der Waals surface area contributed by atoms with E-state index in [0.717, 1.165) is 24.0 Å². The summed E-state index contributed by atoms with van der Waals surface area (Å²) in [5.74, 6) is 0.613. The highest BCUT2D eigenvalue weighted by Crippen LogP contribution is 2.32. The summed E-state index contributed by atoms with van der Waals surface area (Å²) in [5, 5.41) is 6.57. The Hall–Kier alpha value is -1.11. The van der Waals surface area contributed by atoms with E-state index in [9.17, 15) is 13.2 Å². The molecule has 0 radical (unpaired) electrons. The summed E-state index contributed by atoms with van der Waals surface area (Å²) < 4.78 is 22.8. The summed E-state index contributed by atoms with van der Waals surface area (Å²) in [6.07, 6.45) is 6.53.